The SMILES string of the molecule is CCc1nc(C(=O)OC)c(N)n1-c1ccccc1OC. The number of hydrogen-bond donors (Lipinski definition) is 1. The Balaban J connectivity index is 2.67. The van der Waals surface area contributed by atoms with Crippen molar-refractivity contribution >= 4 is 11.8 Å². The second-order valence-corrected chi connectivity index (χ2v) is 4.11. The van der Waals surface area contributed by atoms with Gasteiger partial charge in [0.05, 0.1) is 19.9 Å². The lowest BCUT2D eigenvalue weighted by molar-refractivity contribution is 0.0595. The predicted molar refractivity (Wildman–Crippen MR) is 75.2 cm³/mol. The van der Waals surface area contributed by atoms with Gasteiger partial charge in [-0.05, 0) is 12.1 Å². The Kier molecular flexibility index (Phi) is 3.93. The summed E-state index contributed by atoms with van der Waals surface area (Å²) in [5.41, 5.74) is 6.92. The number of nitrogens with two attached hydrogens (primary N) is 1. The van der Waals surface area contributed by atoms with Crippen molar-refractivity contribution in [3.63, 3.8) is 0 Å². The van der Waals surface area contributed by atoms with Gasteiger partial charge in [0.15, 0.2) is 5.69 Å². The summed E-state index contributed by atoms with van der Waals surface area (Å²) in [6.07, 6.45) is 0.624. The Morgan fingerprint density at radius 1 is 1.35 bits per heavy atom. The summed E-state index contributed by atoms with van der Waals surface area (Å²) < 4.78 is 11.7. The summed E-state index contributed by atoms with van der Waals surface area (Å²) in [7, 11) is 2.88. The van der Waals surface area contributed by atoms with E-state index in [9.17, 15) is 4.79 Å². The van der Waals surface area contributed by atoms with E-state index in [1.807, 2.05) is 31.2 Å². The van der Waals surface area contributed by atoms with E-state index in [0.717, 1.165) is 5.69 Å². The largest absolute Gasteiger partial charge is 0.495 e. The van der Waals surface area contributed by atoms with Gasteiger partial charge in [-0.3, -0.25) is 4.57 Å². The Bertz CT molecular complexity index is 635. The maximum absolute atomic E-state index is 11.7. The molecule has 0 saturated heterocycles. The van der Waals surface area contributed by atoms with Gasteiger partial charge in [0, 0.05) is 6.42 Å². The molecule has 0 amide bonds. The van der Waals surface area contributed by atoms with Crippen LogP contribution in [0.15, 0.2) is 24.3 Å². The number of carbonyl (C=O) groups excluding carboxylic acids is 1. The van der Waals surface area contributed by atoms with Crippen molar-refractivity contribution in [3.8, 4) is 11.4 Å². The van der Waals surface area contributed by atoms with Crippen LogP contribution in [0.4, 0.5) is 5.82 Å². The quantitative estimate of drug-likeness (QED) is 0.861. The number of aryl methyl sites for hydroxylation is 1. The molecule has 0 bridgehead atoms. The van der Waals surface area contributed by atoms with Crippen LogP contribution in [0.5, 0.6) is 5.75 Å². The third-order valence-corrected chi connectivity index (χ3v) is 3.00. The smallest absolute Gasteiger partial charge is 0.360 e. The highest BCUT2D eigenvalue weighted by molar-refractivity contribution is 5.92. The van der Waals surface area contributed by atoms with Gasteiger partial charge in [-0.15, -0.1) is 0 Å². The van der Waals surface area contributed by atoms with Crippen LogP contribution in [0, 0.1) is 0 Å². The molecule has 0 aliphatic heterocycles. The van der Waals surface area contributed by atoms with Gasteiger partial charge < -0.3 is 15.2 Å². The molecule has 0 aliphatic rings. The van der Waals surface area contributed by atoms with E-state index >= 15 is 0 Å². The lowest BCUT2D eigenvalue weighted by Crippen LogP contribution is -2.08. The molecule has 6 nitrogen and oxygen atoms in total. The number of hydrogen-bond acceptors (Lipinski definition) is 5. The summed E-state index contributed by atoms with van der Waals surface area (Å²) in [6, 6.07) is 7.42. The Morgan fingerprint density at radius 3 is 2.65 bits per heavy atom. The molecule has 6 heteroatoms. The van der Waals surface area contributed by atoms with E-state index in [1.165, 1.54) is 7.11 Å². The maximum Gasteiger partial charge on any atom is 0.360 e. The summed E-state index contributed by atoms with van der Waals surface area (Å²) >= 11 is 0. The van der Waals surface area contributed by atoms with Crippen molar-refractivity contribution in [2.24, 2.45) is 0 Å². The van der Waals surface area contributed by atoms with Crippen LogP contribution in [-0.2, 0) is 11.2 Å². The van der Waals surface area contributed by atoms with E-state index < -0.39 is 5.97 Å². The van der Waals surface area contributed by atoms with E-state index in [-0.39, 0.29) is 11.5 Å². The zero-order valence-electron chi connectivity index (χ0n) is 11.7. The molecule has 2 rings (SSSR count). The van der Waals surface area contributed by atoms with Gasteiger partial charge in [-0.25, -0.2) is 9.78 Å². The molecule has 2 aromatic rings. The number of carbonyl (C=O) groups is 1. The van der Waals surface area contributed by atoms with Crippen molar-refractivity contribution in [3.05, 3.63) is 35.8 Å². The number of nitrogens with zero attached hydrogens (tertiary/aromatic N) is 2. The molecule has 20 heavy (non-hydrogen) atoms. The van der Waals surface area contributed by atoms with Gasteiger partial charge in [0.2, 0.25) is 0 Å². The first-order valence-electron chi connectivity index (χ1n) is 6.22. The average Bonchev–Trinajstić information content (AvgIpc) is 2.83. The van der Waals surface area contributed by atoms with E-state index in [1.54, 1.807) is 11.7 Å². The van der Waals surface area contributed by atoms with Crippen molar-refractivity contribution in [1.82, 2.24) is 9.55 Å². The molecule has 0 spiro atoms. The number of benzene rings is 1. The molecule has 2 N–H and O–H groups in total. The Morgan fingerprint density at radius 2 is 2.05 bits per heavy atom. The van der Waals surface area contributed by atoms with E-state index in [2.05, 4.69) is 4.98 Å². The molecule has 0 atom stereocenters. The number of rotatable bonds is 4. The first-order chi connectivity index (χ1) is 9.63. The van der Waals surface area contributed by atoms with Gasteiger partial charge in [-0.1, -0.05) is 19.1 Å². The highest BCUT2D eigenvalue weighted by atomic mass is 16.5. The number of para-hydroxylation sites is 2. The van der Waals surface area contributed by atoms with Crippen molar-refractivity contribution in [2.75, 3.05) is 20.0 Å². The molecule has 0 aliphatic carbocycles. The first-order valence-corrected chi connectivity index (χ1v) is 6.22. The summed E-state index contributed by atoms with van der Waals surface area (Å²) in [4.78, 5) is 16.0. The fourth-order valence-corrected chi connectivity index (χ4v) is 2.05. The topological polar surface area (TPSA) is 79.4 Å². The predicted octanol–water partition coefficient (Wildman–Crippen LogP) is 1.81. The van der Waals surface area contributed by atoms with Crippen LogP contribution in [0.2, 0.25) is 0 Å². The number of esters is 1. The molecule has 1 aromatic carbocycles. The first kappa shape index (κ1) is 13.9. The zero-order chi connectivity index (χ0) is 14.7. The maximum atomic E-state index is 11.7. The number of ether oxygens (including phenoxy) is 2. The molecule has 1 heterocycles. The minimum absolute atomic E-state index is 0.121. The van der Waals surface area contributed by atoms with Crippen LogP contribution in [-0.4, -0.2) is 29.7 Å². The van der Waals surface area contributed by atoms with E-state index in [4.69, 9.17) is 15.2 Å². The molecular formula is C14H17N3O3. The monoisotopic (exact) mass is 275 g/mol. The fourth-order valence-electron chi connectivity index (χ4n) is 2.05. The van der Waals surface area contributed by atoms with Crippen molar-refractivity contribution in [1.29, 1.82) is 0 Å². The van der Waals surface area contributed by atoms with Crippen LogP contribution in [0.25, 0.3) is 5.69 Å². The highest BCUT2D eigenvalue weighted by Gasteiger charge is 2.22. The van der Waals surface area contributed by atoms with Gasteiger partial charge >= 0.3 is 5.97 Å². The van der Waals surface area contributed by atoms with Gasteiger partial charge in [0.1, 0.15) is 17.4 Å². The second kappa shape index (κ2) is 5.64. The summed E-state index contributed by atoms with van der Waals surface area (Å²) in [5, 5.41) is 0. The van der Waals surface area contributed by atoms with Crippen LogP contribution in [0.3, 0.4) is 0 Å². The summed E-state index contributed by atoms with van der Waals surface area (Å²) in [6.45, 7) is 1.94. The molecular weight excluding hydrogens is 258 g/mol. The third-order valence-electron chi connectivity index (χ3n) is 3.00. The molecule has 1 aromatic heterocycles. The molecule has 0 unspecified atom stereocenters. The summed E-state index contributed by atoms with van der Waals surface area (Å²) in [5.74, 6) is 1.03. The second-order valence-electron chi connectivity index (χ2n) is 4.11. The van der Waals surface area contributed by atoms with E-state index in [0.29, 0.717) is 18.0 Å². The highest BCUT2D eigenvalue weighted by Crippen LogP contribution is 2.28. The number of aromatic nitrogens is 2. The number of methoxy groups -OCH3 is 2. The normalized spacial score (nSPS) is 10.3. The lowest BCUT2D eigenvalue weighted by atomic mass is 10.2. The van der Waals surface area contributed by atoms with Crippen molar-refractivity contribution < 1.29 is 14.3 Å². The van der Waals surface area contributed by atoms with Crippen LogP contribution >= 0.6 is 0 Å². The number of imidazole rings is 1. The van der Waals surface area contributed by atoms with Crippen LogP contribution in [0.1, 0.15) is 23.2 Å². The van der Waals surface area contributed by atoms with Gasteiger partial charge in [-0.2, -0.15) is 0 Å². The van der Waals surface area contributed by atoms with Crippen LogP contribution < -0.4 is 10.5 Å². The minimum Gasteiger partial charge on any atom is -0.495 e. The third kappa shape index (κ3) is 2.20. The Hall–Kier alpha value is -2.50. The molecule has 0 radical (unpaired) electrons. The molecule has 0 fully saturated rings. The average molecular weight is 275 g/mol. The standard InChI is InChI=1S/C14H17N3O3/c1-4-11-16-12(14(18)20-3)13(15)17(11)9-7-5-6-8-10(9)19-2/h5-8H,4,15H2,1-3H3. The Labute approximate surface area is 117 Å². The number of nitrogen functional groups attached to an aromatic ring is 1. The molecule has 0 saturated carbocycles. The lowest BCUT2D eigenvalue weighted by Gasteiger charge is -2.12. The van der Waals surface area contributed by atoms with Gasteiger partial charge in [0.25, 0.3) is 0 Å². The zero-order valence-corrected chi connectivity index (χ0v) is 11.7. The number of anilines is 1. The van der Waals surface area contributed by atoms with Crippen molar-refractivity contribution in [2.45, 2.75) is 13.3 Å². The minimum atomic E-state index is -0.550. The fraction of sp³-hybridized carbons (Fsp3) is 0.286. The molecule has 106 valence electrons.